The average molecular weight is 323 g/mol. The van der Waals surface area contributed by atoms with Crippen molar-refractivity contribution >= 4 is 17.5 Å². The van der Waals surface area contributed by atoms with E-state index in [-0.39, 0.29) is 5.91 Å². The van der Waals surface area contributed by atoms with Gasteiger partial charge in [0.05, 0.1) is 11.2 Å². The quantitative estimate of drug-likeness (QED) is 0.759. The van der Waals surface area contributed by atoms with Crippen LogP contribution in [0.1, 0.15) is 18.7 Å². The predicted molar refractivity (Wildman–Crippen MR) is 84.8 cm³/mol. The number of methoxy groups -OCH3 is 1. The van der Waals surface area contributed by atoms with E-state index < -0.39 is 0 Å². The highest BCUT2D eigenvalue weighted by Crippen LogP contribution is 2.28. The van der Waals surface area contributed by atoms with E-state index in [4.69, 9.17) is 20.8 Å². The van der Waals surface area contributed by atoms with Gasteiger partial charge in [-0.05, 0) is 18.6 Å². The molecule has 0 saturated heterocycles. The largest absolute Gasteiger partial charge is 0.441 e. The first-order valence-corrected chi connectivity index (χ1v) is 7.53. The van der Waals surface area contributed by atoms with Gasteiger partial charge >= 0.3 is 0 Å². The molecule has 6 heteroatoms. The number of halogens is 1. The Morgan fingerprint density at radius 2 is 2.23 bits per heavy atom. The Morgan fingerprint density at radius 3 is 3.00 bits per heavy atom. The summed E-state index contributed by atoms with van der Waals surface area (Å²) in [6.45, 7) is 1.25. The van der Waals surface area contributed by atoms with E-state index in [9.17, 15) is 4.79 Å². The van der Waals surface area contributed by atoms with Gasteiger partial charge in [0.2, 0.25) is 5.91 Å². The molecular formula is C16H19ClN2O3. The smallest absolute Gasteiger partial charge is 0.220 e. The van der Waals surface area contributed by atoms with Gasteiger partial charge in [0, 0.05) is 38.7 Å². The molecule has 0 spiro atoms. The molecule has 1 N–H and O–H groups in total. The van der Waals surface area contributed by atoms with Crippen LogP contribution in [0.15, 0.2) is 34.9 Å². The molecule has 0 unspecified atom stereocenters. The molecule has 2 rings (SSSR count). The summed E-state index contributed by atoms with van der Waals surface area (Å²) in [5.74, 6) is 1.12. The standard InChI is InChI=1S/C16H19ClN2O3/c1-21-10-4-9-18-15(20)7-8-16-19-11-14(22-16)12-5-2-3-6-13(12)17/h2-3,5-6,11H,4,7-10H2,1H3,(H,18,20). The number of carbonyl (C=O) groups excluding carboxylic acids is 1. The van der Waals surface area contributed by atoms with Gasteiger partial charge in [-0.25, -0.2) is 4.98 Å². The predicted octanol–water partition coefficient (Wildman–Crippen LogP) is 3.08. The van der Waals surface area contributed by atoms with Crippen molar-refractivity contribution in [1.82, 2.24) is 10.3 Å². The van der Waals surface area contributed by atoms with E-state index >= 15 is 0 Å². The molecule has 1 aromatic carbocycles. The van der Waals surface area contributed by atoms with Crippen molar-refractivity contribution in [1.29, 1.82) is 0 Å². The summed E-state index contributed by atoms with van der Waals surface area (Å²) in [6, 6.07) is 7.41. The number of carbonyl (C=O) groups is 1. The molecule has 0 aliphatic rings. The summed E-state index contributed by atoms with van der Waals surface area (Å²) in [6.07, 6.45) is 3.24. The molecule has 0 saturated carbocycles. The van der Waals surface area contributed by atoms with Gasteiger partial charge in [0.1, 0.15) is 0 Å². The van der Waals surface area contributed by atoms with Gasteiger partial charge in [-0.3, -0.25) is 4.79 Å². The van der Waals surface area contributed by atoms with Crippen molar-refractivity contribution in [3.8, 4) is 11.3 Å². The zero-order valence-corrected chi connectivity index (χ0v) is 13.2. The SMILES string of the molecule is COCCCNC(=O)CCc1ncc(-c2ccccc2Cl)o1. The van der Waals surface area contributed by atoms with Crippen LogP contribution in [0.3, 0.4) is 0 Å². The van der Waals surface area contributed by atoms with Crippen LogP contribution in [-0.4, -0.2) is 31.2 Å². The molecule has 0 fully saturated rings. The lowest BCUT2D eigenvalue weighted by Gasteiger charge is -2.03. The van der Waals surface area contributed by atoms with Gasteiger partial charge in [0.25, 0.3) is 0 Å². The lowest BCUT2D eigenvalue weighted by molar-refractivity contribution is -0.121. The van der Waals surface area contributed by atoms with Crippen molar-refractivity contribution in [2.24, 2.45) is 0 Å². The molecule has 1 amide bonds. The molecule has 0 atom stereocenters. The normalized spacial score (nSPS) is 10.6. The minimum absolute atomic E-state index is 0.0198. The Kier molecular flexibility index (Phi) is 6.43. The summed E-state index contributed by atoms with van der Waals surface area (Å²) in [5, 5.41) is 3.44. The second-order valence-electron chi connectivity index (χ2n) is 4.79. The first-order chi connectivity index (χ1) is 10.7. The molecule has 118 valence electrons. The first kappa shape index (κ1) is 16.5. The summed E-state index contributed by atoms with van der Waals surface area (Å²) in [4.78, 5) is 15.9. The minimum atomic E-state index is -0.0198. The third kappa shape index (κ3) is 4.86. The number of amides is 1. The first-order valence-electron chi connectivity index (χ1n) is 7.16. The van der Waals surface area contributed by atoms with Crippen LogP contribution in [0.2, 0.25) is 5.02 Å². The molecule has 1 heterocycles. The van der Waals surface area contributed by atoms with E-state index in [0.29, 0.717) is 42.7 Å². The Labute approximate surface area is 134 Å². The Hall–Kier alpha value is -1.85. The van der Waals surface area contributed by atoms with Gasteiger partial charge < -0.3 is 14.5 Å². The molecule has 1 aromatic heterocycles. The summed E-state index contributed by atoms with van der Waals surface area (Å²) in [7, 11) is 1.64. The Bertz CT molecular complexity index is 613. The zero-order chi connectivity index (χ0) is 15.8. The van der Waals surface area contributed by atoms with Gasteiger partial charge in [-0.15, -0.1) is 0 Å². The van der Waals surface area contributed by atoms with Crippen LogP contribution in [0.25, 0.3) is 11.3 Å². The number of oxazole rings is 1. The van der Waals surface area contributed by atoms with Gasteiger partial charge in [0.15, 0.2) is 11.7 Å². The number of nitrogens with one attached hydrogen (secondary N) is 1. The summed E-state index contributed by atoms with van der Waals surface area (Å²) < 4.78 is 10.6. The number of ether oxygens (including phenoxy) is 1. The average Bonchev–Trinajstić information content (AvgIpc) is 2.99. The second-order valence-corrected chi connectivity index (χ2v) is 5.20. The summed E-state index contributed by atoms with van der Waals surface area (Å²) in [5.41, 5.74) is 0.798. The number of hydrogen-bond acceptors (Lipinski definition) is 4. The fourth-order valence-electron chi connectivity index (χ4n) is 1.96. The molecule has 5 nitrogen and oxygen atoms in total. The maximum absolute atomic E-state index is 11.7. The fraction of sp³-hybridized carbons (Fsp3) is 0.375. The van der Waals surface area contributed by atoms with Crippen molar-refractivity contribution < 1.29 is 13.9 Å². The molecule has 2 aromatic rings. The third-order valence-electron chi connectivity index (χ3n) is 3.11. The van der Waals surface area contributed by atoms with Crippen LogP contribution < -0.4 is 5.32 Å². The fourth-order valence-corrected chi connectivity index (χ4v) is 2.19. The number of hydrogen-bond donors (Lipinski definition) is 1. The highest BCUT2D eigenvalue weighted by Gasteiger charge is 2.10. The Balaban J connectivity index is 1.83. The van der Waals surface area contributed by atoms with E-state index in [1.54, 1.807) is 19.4 Å². The number of aromatic nitrogens is 1. The van der Waals surface area contributed by atoms with Crippen LogP contribution >= 0.6 is 11.6 Å². The third-order valence-corrected chi connectivity index (χ3v) is 3.44. The lowest BCUT2D eigenvalue weighted by atomic mass is 10.2. The molecular weight excluding hydrogens is 304 g/mol. The number of nitrogens with zero attached hydrogens (tertiary/aromatic N) is 1. The maximum Gasteiger partial charge on any atom is 0.220 e. The molecule has 0 aliphatic carbocycles. The number of rotatable bonds is 8. The van der Waals surface area contributed by atoms with E-state index in [1.165, 1.54) is 0 Å². The highest BCUT2D eigenvalue weighted by molar-refractivity contribution is 6.33. The van der Waals surface area contributed by atoms with Crippen molar-refractivity contribution in [2.45, 2.75) is 19.3 Å². The number of aryl methyl sites for hydroxylation is 1. The minimum Gasteiger partial charge on any atom is -0.441 e. The molecule has 0 aliphatic heterocycles. The summed E-state index contributed by atoms with van der Waals surface area (Å²) >= 11 is 6.12. The van der Waals surface area contributed by atoms with Crippen molar-refractivity contribution in [3.05, 3.63) is 41.4 Å². The van der Waals surface area contributed by atoms with Crippen molar-refractivity contribution in [3.63, 3.8) is 0 Å². The Morgan fingerprint density at radius 1 is 1.41 bits per heavy atom. The lowest BCUT2D eigenvalue weighted by Crippen LogP contribution is -2.25. The molecule has 22 heavy (non-hydrogen) atoms. The monoisotopic (exact) mass is 322 g/mol. The zero-order valence-electron chi connectivity index (χ0n) is 12.5. The maximum atomic E-state index is 11.7. The molecule has 0 bridgehead atoms. The van der Waals surface area contributed by atoms with E-state index in [0.717, 1.165) is 12.0 Å². The van der Waals surface area contributed by atoms with Crippen molar-refractivity contribution in [2.75, 3.05) is 20.3 Å². The molecule has 0 radical (unpaired) electrons. The van der Waals surface area contributed by atoms with Crippen LogP contribution in [0.5, 0.6) is 0 Å². The number of benzene rings is 1. The highest BCUT2D eigenvalue weighted by atomic mass is 35.5. The van der Waals surface area contributed by atoms with Crippen LogP contribution in [-0.2, 0) is 16.0 Å². The van der Waals surface area contributed by atoms with E-state index in [2.05, 4.69) is 10.3 Å². The topological polar surface area (TPSA) is 64.4 Å². The van der Waals surface area contributed by atoms with Crippen LogP contribution in [0, 0.1) is 0 Å². The van der Waals surface area contributed by atoms with Gasteiger partial charge in [-0.1, -0.05) is 23.7 Å². The van der Waals surface area contributed by atoms with E-state index in [1.807, 2.05) is 18.2 Å². The van der Waals surface area contributed by atoms with Gasteiger partial charge in [-0.2, -0.15) is 0 Å². The van der Waals surface area contributed by atoms with Crippen LogP contribution in [0.4, 0.5) is 0 Å². The second kappa shape index (κ2) is 8.56.